The van der Waals surface area contributed by atoms with Crippen LogP contribution in [0.15, 0.2) is 30.7 Å². The first-order valence-corrected chi connectivity index (χ1v) is 9.95. The molecular weight excluding hydrogens is 567 g/mol. The highest BCUT2D eigenvalue weighted by Crippen LogP contribution is 2.32. The molecular formula is C20H22ClF9N4O4. The Morgan fingerprint density at radius 1 is 1.00 bits per heavy atom. The molecule has 3 rings (SSSR count). The van der Waals surface area contributed by atoms with Crippen LogP contribution in [-0.4, -0.2) is 43.3 Å². The topological polar surface area (TPSA) is 96.2 Å². The van der Waals surface area contributed by atoms with Gasteiger partial charge < -0.3 is 9.47 Å². The Hall–Kier alpha value is -3.63. The van der Waals surface area contributed by atoms with Gasteiger partial charge in [0.1, 0.15) is 16.8 Å². The molecule has 0 N–H and O–H groups in total. The van der Waals surface area contributed by atoms with Crippen LogP contribution in [0.4, 0.5) is 46.1 Å². The summed E-state index contributed by atoms with van der Waals surface area (Å²) < 4.78 is 76.0. The third-order valence-corrected chi connectivity index (χ3v) is 3.91. The third-order valence-electron chi connectivity index (χ3n) is 3.73. The molecule has 3 aromatic rings. The number of esters is 1. The molecule has 216 valence electrons. The van der Waals surface area contributed by atoms with E-state index in [0.717, 1.165) is 0 Å². The quantitative estimate of drug-likeness (QED) is 0.174. The molecule has 0 aliphatic carbocycles. The molecule has 0 aromatic carbocycles. The number of fused-ring (bicyclic) bond motifs is 1. The van der Waals surface area contributed by atoms with E-state index in [1.807, 2.05) is 0 Å². The van der Waals surface area contributed by atoms with E-state index in [1.165, 1.54) is 17.0 Å². The number of aromatic nitrogens is 4. The van der Waals surface area contributed by atoms with Gasteiger partial charge in [-0.15, -0.1) is 0 Å². The van der Waals surface area contributed by atoms with Gasteiger partial charge in [-0.05, 0) is 58.4 Å². The predicted octanol–water partition coefficient (Wildman–Crippen LogP) is 8.01. The summed E-state index contributed by atoms with van der Waals surface area (Å²) in [7, 11) is 0. The predicted molar refractivity (Wildman–Crippen MR) is 119 cm³/mol. The second-order valence-corrected chi connectivity index (χ2v) is 7.96. The molecule has 18 heteroatoms. The Kier molecular flexibility index (Phi) is 19.9. The average molecular weight is 589 g/mol. The Morgan fingerprint density at radius 2 is 1.55 bits per heavy atom. The molecule has 3 aromatic heterocycles. The SMILES string of the molecule is CC(C)OC(=O)c1cnc(Cl)nc1-c1cn(C(=O)OC(C)(C)C)c2ncccc12.F.FF.FF.FF.FF. The summed E-state index contributed by atoms with van der Waals surface area (Å²) in [4.78, 5) is 37.7. The number of nitrogens with zero attached hydrogens (tertiary/aromatic N) is 4. The second-order valence-electron chi connectivity index (χ2n) is 7.62. The van der Waals surface area contributed by atoms with E-state index >= 15 is 0 Å². The second kappa shape index (κ2) is 19.5. The Bertz CT molecular complexity index is 1120. The smallest absolute Gasteiger partial charge is 0.420 e. The molecule has 0 spiro atoms. The highest BCUT2D eigenvalue weighted by molar-refractivity contribution is 6.28. The van der Waals surface area contributed by atoms with Crippen LogP contribution in [0.5, 0.6) is 0 Å². The summed E-state index contributed by atoms with van der Waals surface area (Å²) in [5.41, 5.74) is 0.548. The number of ether oxygens (including phenoxy) is 2. The summed E-state index contributed by atoms with van der Waals surface area (Å²) >= 11 is 6.00. The lowest BCUT2D eigenvalue weighted by molar-refractivity contribution is 0.0377. The molecule has 0 saturated heterocycles. The van der Waals surface area contributed by atoms with Crippen LogP contribution in [0, 0.1) is 0 Å². The zero-order valence-electron chi connectivity index (χ0n) is 20.2. The fourth-order valence-electron chi connectivity index (χ4n) is 2.69. The van der Waals surface area contributed by atoms with E-state index in [9.17, 15) is 9.59 Å². The van der Waals surface area contributed by atoms with Crippen molar-refractivity contribution in [1.29, 1.82) is 0 Å². The number of hydrogen-bond acceptors (Lipinski definition) is 7. The van der Waals surface area contributed by atoms with Crippen molar-refractivity contribution in [3.05, 3.63) is 41.6 Å². The molecule has 0 bridgehead atoms. The van der Waals surface area contributed by atoms with Gasteiger partial charge in [0, 0.05) is 66.1 Å². The number of halogens is 10. The van der Waals surface area contributed by atoms with Crippen LogP contribution in [0.2, 0.25) is 5.28 Å². The minimum Gasteiger partial charge on any atom is -0.459 e. The standard InChI is InChI=1S/C20H21ClN4O4.4F2.FH/c1-11(2)28-17(26)13-9-23-18(21)24-15(13)14-10-25(19(27)29-20(3,4)5)16-12(14)7-6-8-22-16;4*1-2;/h6-11H,1-5H3;;;;;1H. The largest absolute Gasteiger partial charge is 0.459 e. The van der Waals surface area contributed by atoms with Gasteiger partial charge in [0.25, 0.3) is 0 Å². The van der Waals surface area contributed by atoms with Gasteiger partial charge in [-0.1, -0.05) is 0 Å². The molecule has 0 amide bonds. The molecule has 0 aliphatic rings. The summed E-state index contributed by atoms with van der Waals surface area (Å²) in [6.45, 7) is 8.80. The van der Waals surface area contributed by atoms with Gasteiger partial charge >= 0.3 is 12.1 Å². The fourth-order valence-corrected chi connectivity index (χ4v) is 2.82. The van der Waals surface area contributed by atoms with E-state index < -0.39 is 17.7 Å². The molecule has 0 atom stereocenters. The van der Waals surface area contributed by atoms with Crippen LogP contribution in [0.1, 0.15) is 45.0 Å². The zero-order valence-corrected chi connectivity index (χ0v) is 21.0. The Balaban J connectivity index is -0.00000124. The lowest BCUT2D eigenvalue weighted by Gasteiger charge is -2.19. The summed E-state index contributed by atoms with van der Waals surface area (Å²) in [5, 5.41) is 0.565. The van der Waals surface area contributed by atoms with E-state index in [2.05, 4.69) is 15.0 Å². The zero-order chi connectivity index (χ0) is 29.3. The van der Waals surface area contributed by atoms with Crippen molar-refractivity contribution >= 4 is 34.7 Å². The molecule has 38 heavy (non-hydrogen) atoms. The number of rotatable bonds is 3. The Labute approximate surface area is 214 Å². The van der Waals surface area contributed by atoms with Crippen molar-refractivity contribution in [1.82, 2.24) is 19.5 Å². The molecule has 0 saturated carbocycles. The maximum Gasteiger partial charge on any atom is 0.420 e. The third kappa shape index (κ3) is 11.2. The molecule has 0 aliphatic heterocycles. The van der Waals surface area contributed by atoms with E-state index in [-0.39, 0.29) is 27.3 Å². The Morgan fingerprint density at radius 3 is 2.05 bits per heavy atom. The van der Waals surface area contributed by atoms with Crippen LogP contribution in [0.25, 0.3) is 22.3 Å². The van der Waals surface area contributed by atoms with Crippen LogP contribution in [-0.2, 0) is 9.47 Å². The molecule has 0 fully saturated rings. The van der Waals surface area contributed by atoms with E-state index in [0.29, 0.717) is 16.6 Å². The minimum atomic E-state index is -0.687. The first-order chi connectivity index (χ1) is 17.6. The first kappa shape index (κ1) is 38.9. The number of carbonyl (C=O) groups excluding carboxylic acids is 2. The number of hydrogen-bond donors (Lipinski definition) is 0. The van der Waals surface area contributed by atoms with Crippen molar-refractivity contribution in [2.45, 2.75) is 46.3 Å². The average Bonchev–Trinajstić information content (AvgIpc) is 3.27. The van der Waals surface area contributed by atoms with Gasteiger partial charge in [0.05, 0.1) is 11.8 Å². The highest BCUT2D eigenvalue weighted by Gasteiger charge is 2.25. The van der Waals surface area contributed by atoms with Crippen molar-refractivity contribution in [2.24, 2.45) is 0 Å². The van der Waals surface area contributed by atoms with Crippen molar-refractivity contribution < 1.29 is 60.4 Å². The maximum absolute atomic E-state index is 12.7. The number of carbonyl (C=O) groups is 2. The summed E-state index contributed by atoms with van der Waals surface area (Å²) in [5.74, 6) is -0.589. The van der Waals surface area contributed by atoms with Gasteiger partial charge in [0.2, 0.25) is 5.28 Å². The van der Waals surface area contributed by atoms with Crippen molar-refractivity contribution in [3.63, 3.8) is 0 Å². The van der Waals surface area contributed by atoms with Crippen LogP contribution in [0.3, 0.4) is 0 Å². The minimum absolute atomic E-state index is 0. The number of pyridine rings is 1. The summed E-state index contributed by atoms with van der Waals surface area (Å²) in [6, 6.07) is 3.49. The van der Waals surface area contributed by atoms with E-state index in [4.69, 9.17) is 57.7 Å². The lowest BCUT2D eigenvalue weighted by atomic mass is 10.1. The molecule has 3 heterocycles. The van der Waals surface area contributed by atoms with Crippen LogP contribution < -0.4 is 0 Å². The van der Waals surface area contributed by atoms with Gasteiger partial charge in [0.15, 0.2) is 0 Å². The summed E-state index contributed by atoms with van der Waals surface area (Å²) in [6.07, 6.45) is 3.47. The highest BCUT2D eigenvalue weighted by atomic mass is 35.5. The normalized spacial score (nSPS) is 9.55. The van der Waals surface area contributed by atoms with Crippen molar-refractivity contribution in [2.75, 3.05) is 0 Å². The maximum atomic E-state index is 12.7. The fraction of sp³-hybridized carbons (Fsp3) is 0.350. The van der Waals surface area contributed by atoms with Gasteiger partial charge in [-0.25, -0.2) is 29.1 Å². The first-order valence-electron chi connectivity index (χ1n) is 9.57. The van der Waals surface area contributed by atoms with Crippen molar-refractivity contribution in [3.8, 4) is 11.3 Å². The lowest BCUT2D eigenvalue weighted by Crippen LogP contribution is -2.26. The molecule has 0 radical (unpaired) electrons. The van der Waals surface area contributed by atoms with Gasteiger partial charge in [-0.3, -0.25) is 4.70 Å². The molecule has 0 unspecified atom stereocenters. The van der Waals surface area contributed by atoms with Crippen LogP contribution >= 0.6 is 11.6 Å². The monoisotopic (exact) mass is 588 g/mol. The molecule has 8 nitrogen and oxygen atoms in total. The van der Waals surface area contributed by atoms with Gasteiger partial charge in [-0.2, -0.15) is 0 Å². The van der Waals surface area contributed by atoms with E-state index in [1.54, 1.807) is 52.9 Å².